The second-order valence-corrected chi connectivity index (χ2v) is 5.87. The van der Waals surface area contributed by atoms with E-state index in [0.29, 0.717) is 11.3 Å². The fraction of sp³-hybridized carbons (Fsp3) is 0.0588. The molecule has 6 heteroatoms. The van der Waals surface area contributed by atoms with Crippen molar-refractivity contribution in [2.45, 2.75) is 0 Å². The number of nitrogens with one attached hydrogen (secondary N) is 2. The molecule has 0 bridgehead atoms. The number of carbonyl (C=O) groups is 1. The minimum absolute atomic E-state index is 0.407. The fourth-order valence-electron chi connectivity index (χ4n) is 2.71. The number of methoxy groups -OCH3 is 1. The third-order valence-corrected chi connectivity index (χ3v) is 4.46. The monoisotopic (exact) mass is 323 g/mol. The predicted octanol–water partition coefficient (Wildman–Crippen LogP) is 4.07. The van der Waals surface area contributed by atoms with E-state index in [-0.39, 0.29) is 0 Å². The first kappa shape index (κ1) is 13.8. The first-order valence-electron chi connectivity index (χ1n) is 7.04. The molecular weight excluding hydrogens is 310 g/mol. The molecule has 3 aromatic heterocycles. The number of thiophene rings is 1. The molecule has 0 aliphatic carbocycles. The van der Waals surface area contributed by atoms with Crippen LogP contribution in [0.15, 0.2) is 47.4 Å². The van der Waals surface area contributed by atoms with E-state index in [0.717, 1.165) is 27.8 Å². The van der Waals surface area contributed by atoms with Crippen LogP contribution in [0.1, 0.15) is 10.5 Å². The lowest BCUT2D eigenvalue weighted by Crippen LogP contribution is -2.03. The van der Waals surface area contributed by atoms with Crippen molar-refractivity contribution in [3.8, 4) is 22.3 Å². The highest BCUT2D eigenvalue weighted by atomic mass is 32.1. The van der Waals surface area contributed by atoms with Gasteiger partial charge in [0.15, 0.2) is 5.65 Å². The van der Waals surface area contributed by atoms with Crippen LogP contribution < -0.4 is 0 Å². The van der Waals surface area contributed by atoms with E-state index in [4.69, 9.17) is 4.74 Å². The van der Waals surface area contributed by atoms with E-state index in [9.17, 15) is 4.79 Å². The number of aromatic amines is 2. The summed E-state index contributed by atoms with van der Waals surface area (Å²) < 4.78 is 4.89. The van der Waals surface area contributed by atoms with Gasteiger partial charge in [0.05, 0.1) is 19.0 Å². The van der Waals surface area contributed by atoms with Gasteiger partial charge in [0.2, 0.25) is 0 Å². The third kappa shape index (κ3) is 2.24. The molecule has 0 saturated heterocycles. The number of hydrogen-bond acceptors (Lipinski definition) is 4. The van der Waals surface area contributed by atoms with Crippen molar-refractivity contribution < 1.29 is 9.53 Å². The molecule has 0 unspecified atom stereocenters. The van der Waals surface area contributed by atoms with E-state index in [2.05, 4.69) is 38.5 Å². The zero-order chi connectivity index (χ0) is 15.8. The normalized spacial score (nSPS) is 11.0. The molecule has 0 aliphatic heterocycles. The van der Waals surface area contributed by atoms with Gasteiger partial charge < -0.3 is 14.7 Å². The molecule has 0 atom stereocenters. The first-order valence-corrected chi connectivity index (χ1v) is 7.98. The highest BCUT2D eigenvalue weighted by Crippen LogP contribution is 2.34. The number of esters is 1. The Balaban J connectivity index is 1.93. The SMILES string of the molecule is COC(=O)c1[nH]c2nc[nH]c2c1-c1cccc(-c2ccsc2)c1. The summed E-state index contributed by atoms with van der Waals surface area (Å²) in [4.78, 5) is 22.4. The topological polar surface area (TPSA) is 70.8 Å². The minimum Gasteiger partial charge on any atom is -0.464 e. The number of aromatic nitrogens is 3. The average Bonchev–Trinajstić information content (AvgIpc) is 3.30. The van der Waals surface area contributed by atoms with Crippen molar-refractivity contribution >= 4 is 28.5 Å². The quantitative estimate of drug-likeness (QED) is 0.558. The van der Waals surface area contributed by atoms with Gasteiger partial charge in [-0.15, -0.1) is 0 Å². The van der Waals surface area contributed by atoms with Gasteiger partial charge in [-0.1, -0.05) is 18.2 Å². The molecule has 4 rings (SSSR count). The molecular formula is C17H13N3O2S. The number of nitrogens with zero attached hydrogens (tertiary/aromatic N) is 1. The van der Waals surface area contributed by atoms with Crippen LogP contribution in [0.25, 0.3) is 33.4 Å². The maximum atomic E-state index is 12.1. The van der Waals surface area contributed by atoms with E-state index in [1.54, 1.807) is 17.7 Å². The van der Waals surface area contributed by atoms with Gasteiger partial charge in [-0.3, -0.25) is 0 Å². The van der Waals surface area contributed by atoms with E-state index in [1.807, 2.05) is 17.5 Å². The van der Waals surface area contributed by atoms with Gasteiger partial charge in [-0.25, -0.2) is 9.78 Å². The largest absolute Gasteiger partial charge is 0.464 e. The van der Waals surface area contributed by atoms with Crippen LogP contribution >= 0.6 is 11.3 Å². The Morgan fingerprint density at radius 2 is 2.09 bits per heavy atom. The van der Waals surface area contributed by atoms with E-state index < -0.39 is 5.97 Å². The summed E-state index contributed by atoms with van der Waals surface area (Å²) in [6.45, 7) is 0. The summed E-state index contributed by atoms with van der Waals surface area (Å²) in [6.07, 6.45) is 1.61. The molecule has 4 aromatic rings. The minimum atomic E-state index is -0.410. The second-order valence-electron chi connectivity index (χ2n) is 5.09. The third-order valence-electron chi connectivity index (χ3n) is 3.78. The molecule has 0 amide bonds. The molecule has 1 aromatic carbocycles. The Kier molecular flexibility index (Phi) is 3.24. The molecule has 5 nitrogen and oxygen atoms in total. The Morgan fingerprint density at radius 1 is 1.22 bits per heavy atom. The molecule has 0 aliphatic rings. The highest BCUT2D eigenvalue weighted by molar-refractivity contribution is 7.08. The maximum absolute atomic E-state index is 12.1. The number of benzene rings is 1. The Hall–Kier alpha value is -2.86. The van der Waals surface area contributed by atoms with Crippen molar-refractivity contribution in [3.63, 3.8) is 0 Å². The first-order chi connectivity index (χ1) is 11.3. The lowest BCUT2D eigenvalue weighted by Gasteiger charge is -2.06. The number of carbonyl (C=O) groups excluding carboxylic acids is 1. The van der Waals surface area contributed by atoms with Crippen LogP contribution in [-0.4, -0.2) is 28.0 Å². The van der Waals surface area contributed by atoms with Gasteiger partial charge in [-0.2, -0.15) is 11.3 Å². The van der Waals surface area contributed by atoms with Crippen molar-refractivity contribution in [3.05, 3.63) is 53.1 Å². The summed E-state index contributed by atoms with van der Waals surface area (Å²) in [6, 6.07) is 10.2. The van der Waals surface area contributed by atoms with Crippen molar-refractivity contribution in [1.29, 1.82) is 0 Å². The summed E-state index contributed by atoms with van der Waals surface area (Å²) >= 11 is 1.66. The van der Waals surface area contributed by atoms with Gasteiger partial charge in [0.25, 0.3) is 0 Å². The predicted molar refractivity (Wildman–Crippen MR) is 90.5 cm³/mol. The van der Waals surface area contributed by atoms with E-state index >= 15 is 0 Å². The number of ether oxygens (including phenoxy) is 1. The van der Waals surface area contributed by atoms with Crippen LogP contribution in [-0.2, 0) is 4.74 Å². The van der Waals surface area contributed by atoms with Gasteiger partial charge in [-0.05, 0) is 39.6 Å². The van der Waals surface area contributed by atoms with Crippen molar-refractivity contribution in [1.82, 2.24) is 15.0 Å². The fourth-order valence-corrected chi connectivity index (χ4v) is 3.38. The number of fused-ring (bicyclic) bond motifs is 1. The van der Waals surface area contributed by atoms with Crippen molar-refractivity contribution in [2.75, 3.05) is 7.11 Å². The number of imidazole rings is 1. The van der Waals surface area contributed by atoms with Crippen LogP contribution in [0.4, 0.5) is 0 Å². The van der Waals surface area contributed by atoms with Gasteiger partial charge in [0.1, 0.15) is 5.69 Å². The molecule has 23 heavy (non-hydrogen) atoms. The van der Waals surface area contributed by atoms with E-state index in [1.165, 1.54) is 7.11 Å². The summed E-state index contributed by atoms with van der Waals surface area (Å²) in [5, 5.41) is 4.15. The summed E-state index contributed by atoms with van der Waals surface area (Å²) in [5.74, 6) is -0.410. The van der Waals surface area contributed by atoms with Crippen LogP contribution in [0, 0.1) is 0 Å². The molecule has 0 saturated carbocycles. The number of H-pyrrole nitrogens is 2. The van der Waals surface area contributed by atoms with Crippen LogP contribution in [0.2, 0.25) is 0 Å². The summed E-state index contributed by atoms with van der Waals surface area (Å²) in [7, 11) is 1.37. The molecule has 0 radical (unpaired) electrons. The molecule has 3 heterocycles. The van der Waals surface area contributed by atoms with Gasteiger partial charge in [0, 0.05) is 5.56 Å². The highest BCUT2D eigenvalue weighted by Gasteiger charge is 2.21. The molecule has 0 spiro atoms. The average molecular weight is 323 g/mol. The lowest BCUT2D eigenvalue weighted by atomic mass is 10.00. The smallest absolute Gasteiger partial charge is 0.355 e. The second kappa shape index (κ2) is 5.40. The Bertz CT molecular complexity index is 983. The molecule has 114 valence electrons. The van der Waals surface area contributed by atoms with Crippen LogP contribution in [0.3, 0.4) is 0 Å². The number of hydrogen-bond donors (Lipinski definition) is 2. The summed E-state index contributed by atoms with van der Waals surface area (Å²) in [5.41, 5.74) is 5.82. The van der Waals surface area contributed by atoms with Gasteiger partial charge >= 0.3 is 5.97 Å². The molecule has 2 N–H and O–H groups in total. The standard InChI is InChI=1S/C17H13N3O2S/c1-22-17(21)15-13(14-16(20-15)19-9-18-14)11-4-2-3-10(7-11)12-5-6-23-8-12/h2-9,20H,1H3,(H,18,19). The molecule has 0 fully saturated rings. The Morgan fingerprint density at radius 3 is 2.87 bits per heavy atom. The van der Waals surface area contributed by atoms with Crippen LogP contribution in [0.5, 0.6) is 0 Å². The zero-order valence-electron chi connectivity index (χ0n) is 12.3. The zero-order valence-corrected chi connectivity index (χ0v) is 13.1. The lowest BCUT2D eigenvalue weighted by molar-refractivity contribution is 0.0596. The number of rotatable bonds is 3. The van der Waals surface area contributed by atoms with Crippen molar-refractivity contribution in [2.24, 2.45) is 0 Å². The maximum Gasteiger partial charge on any atom is 0.355 e. The Labute approximate surface area is 136 Å².